The molecule has 2 aromatic carbocycles. The largest absolute Gasteiger partial charge is 0.0841 e. The van der Waals surface area contributed by atoms with Crippen molar-refractivity contribution in [3.05, 3.63) is 76.3 Å². The molecule has 0 atom stereocenters. The molecule has 88 valence electrons. The first-order chi connectivity index (χ1) is 8.68. The predicted octanol–water partition coefficient (Wildman–Crippen LogP) is 5.21. The fourth-order valence-electron chi connectivity index (χ4n) is 1.53. The number of hydrogen-bond donors (Lipinski definition) is 0. The van der Waals surface area contributed by atoms with Crippen molar-refractivity contribution in [2.45, 2.75) is 0 Å². The summed E-state index contributed by atoms with van der Waals surface area (Å²) in [5.74, 6) is 6.35. The van der Waals surface area contributed by atoms with Crippen molar-refractivity contribution in [2.75, 3.05) is 0 Å². The third kappa shape index (κ3) is 3.13. The Morgan fingerprint density at radius 1 is 0.889 bits per heavy atom. The van der Waals surface area contributed by atoms with Crippen LogP contribution in [0.15, 0.2) is 59.6 Å². The average Bonchev–Trinajstić information content (AvgIpc) is 2.38. The van der Waals surface area contributed by atoms with Crippen LogP contribution in [0.1, 0.15) is 16.7 Å². The second kappa shape index (κ2) is 6.04. The Kier molecular flexibility index (Phi) is 4.41. The van der Waals surface area contributed by atoms with Crippen LogP contribution in [-0.4, -0.2) is 0 Å². The summed E-state index contributed by atoms with van der Waals surface area (Å²) in [5, 5.41) is 0. The highest BCUT2D eigenvalue weighted by molar-refractivity contribution is 9.15. The lowest BCUT2D eigenvalue weighted by Gasteiger charge is -2.01. The van der Waals surface area contributed by atoms with Crippen molar-refractivity contribution >= 4 is 36.3 Å². The van der Waals surface area contributed by atoms with Crippen molar-refractivity contribution < 1.29 is 0 Å². The van der Waals surface area contributed by atoms with E-state index in [1.807, 2.05) is 48.5 Å². The zero-order valence-electron chi connectivity index (χ0n) is 9.58. The maximum atomic E-state index is 3.90. The van der Waals surface area contributed by atoms with Gasteiger partial charge in [-0.3, -0.25) is 0 Å². The van der Waals surface area contributed by atoms with Crippen LogP contribution in [0.3, 0.4) is 0 Å². The molecule has 0 spiro atoms. The SMILES string of the molecule is C=C(Br)c1ccccc1C#Cc1ccccc1Br. The molecule has 0 saturated heterocycles. The molecule has 0 radical (unpaired) electrons. The predicted molar refractivity (Wildman–Crippen MR) is 84.5 cm³/mol. The van der Waals surface area contributed by atoms with E-state index in [0.717, 1.165) is 25.6 Å². The third-order valence-corrected chi connectivity index (χ3v) is 3.54. The zero-order valence-corrected chi connectivity index (χ0v) is 12.8. The van der Waals surface area contributed by atoms with Crippen LogP contribution < -0.4 is 0 Å². The Morgan fingerprint density at radius 2 is 1.44 bits per heavy atom. The van der Waals surface area contributed by atoms with Gasteiger partial charge in [0, 0.05) is 25.6 Å². The summed E-state index contributed by atoms with van der Waals surface area (Å²) in [6, 6.07) is 15.9. The molecule has 0 bridgehead atoms. The van der Waals surface area contributed by atoms with Crippen LogP contribution >= 0.6 is 31.9 Å². The van der Waals surface area contributed by atoms with Gasteiger partial charge in [-0.25, -0.2) is 0 Å². The minimum atomic E-state index is 0.847. The fraction of sp³-hybridized carbons (Fsp3) is 0. The van der Waals surface area contributed by atoms with Gasteiger partial charge in [0.25, 0.3) is 0 Å². The summed E-state index contributed by atoms with van der Waals surface area (Å²) in [6.45, 7) is 3.90. The molecule has 2 heteroatoms. The van der Waals surface area contributed by atoms with Gasteiger partial charge in [-0.15, -0.1) is 0 Å². The Morgan fingerprint density at radius 3 is 2.11 bits per heavy atom. The molecular formula is C16H10Br2. The smallest absolute Gasteiger partial charge is 0.0391 e. The van der Waals surface area contributed by atoms with Crippen LogP contribution in [0, 0.1) is 11.8 Å². The van der Waals surface area contributed by atoms with Gasteiger partial charge in [0.15, 0.2) is 0 Å². The van der Waals surface area contributed by atoms with Crippen LogP contribution in [0.5, 0.6) is 0 Å². The van der Waals surface area contributed by atoms with Crippen LogP contribution in [-0.2, 0) is 0 Å². The van der Waals surface area contributed by atoms with Gasteiger partial charge in [-0.1, -0.05) is 64.7 Å². The molecule has 0 aliphatic heterocycles. The van der Waals surface area contributed by atoms with Crippen molar-refractivity contribution in [3.63, 3.8) is 0 Å². The van der Waals surface area contributed by atoms with Crippen molar-refractivity contribution in [1.82, 2.24) is 0 Å². The summed E-state index contributed by atoms with van der Waals surface area (Å²) >= 11 is 6.89. The van der Waals surface area contributed by atoms with Crippen molar-refractivity contribution in [2.24, 2.45) is 0 Å². The standard InChI is InChI=1S/C16H10Br2/c1-12(17)15-8-4-2-6-13(15)10-11-14-7-3-5-9-16(14)18/h2-9H,1H2. The van der Waals surface area contributed by atoms with E-state index in [0.29, 0.717) is 0 Å². The second-order valence-electron chi connectivity index (χ2n) is 3.68. The molecule has 2 rings (SSSR count). The van der Waals surface area contributed by atoms with Gasteiger partial charge in [-0.2, -0.15) is 0 Å². The highest BCUT2D eigenvalue weighted by Crippen LogP contribution is 2.22. The van der Waals surface area contributed by atoms with E-state index in [1.54, 1.807) is 0 Å². The average molecular weight is 362 g/mol. The van der Waals surface area contributed by atoms with E-state index in [-0.39, 0.29) is 0 Å². The van der Waals surface area contributed by atoms with Gasteiger partial charge >= 0.3 is 0 Å². The summed E-state index contributed by atoms with van der Waals surface area (Å²) < 4.78 is 1.85. The first-order valence-electron chi connectivity index (χ1n) is 5.39. The molecule has 18 heavy (non-hydrogen) atoms. The maximum absolute atomic E-state index is 3.90. The van der Waals surface area contributed by atoms with E-state index in [2.05, 4.69) is 50.3 Å². The van der Waals surface area contributed by atoms with Gasteiger partial charge in [-0.05, 0) is 34.1 Å². The minimum Gasteiger partial charge on any atom is -0.0841 e. The van der Waals surface area contributed by atoms with Crippen LogP contribution in [0.2, 0.25) is 0 Å². The molecule has 0 fully saturated rings. The molecular weight excluding hydrogens is 352 g/mol. The molecule has 0 aliphatic rings. The maximum Gasteiger partial charge on any atom is 0.0391 e. The van der Waals surface area contributed by atoms with Gasteiger partial charge in [0.2, 0.25) is 0 Å². The van der Waals surface area contributed by atoms with Gasteiger partial charge in [0.1, 0.15) is 0 Å². The molecule has 0 amide bonds. The Hall–Kier alpha value is -1.30. The number of halogens is 2. The number of hydrogen-bond acceptors (Lipinski definition) is 0. The number of benzene rings is 2. The topological polar surface area (TPSA) is 0 Å². The summed E-state index contributed by atoms with van der Waals surface area (Å²) in [6.07, 6.45) is 0. The molecule has 0 aromatic heterocycles. The normalized spacial score (nSPS) is 9.44. The molecule has 2 aromatic rings. The molecule has 0 nitrogen and oxygen atoms in total. The molecule has 0 saturated carbocycles. The van der Waals surface area contributed by atoms with Crippen molar-refractivity contribution in [1.29, 1.82) is 0 Å². The van der Waals surface area contributed by atoms with Crippen LogP contribution in [0.25, 0.3) is 4.48 Å². The van der Waals surface area contributed by atoms with Crippen LogP contribution in [0.4, 0.5) is 0 Å². The van der Waals surface area contributed by atoms with Gasteiger partial charge in [0.05, 0.1) is 0 Å². The van der Waals surface area contributed by atoms with Crippen molar-refractivity contribution in [3.8, 4) is 11.8 Å². The first kappa shape index (κ1) is 13.1. The summed E-state index contributed by atoms with van der Waals surface area (Å²) in [5.41, 5.74) is 2.97. The zero-order chi connectivity index (χ0) is 13.0. The third-order valence-electron chi connectivity index (χ3n) is 2.43. The van der Waals surface area contributed by atoms with E-state index < -0.39 is 0 Å². The lowest BCUT2D eigenvalue weighted by molar-refractivity contribution is 1.57. The Balaban J connectivity index is 2.42. The summed E-state index contributed by atoms with van der Waals surface area (Å²) in [7, 11) is 0. The molecule has 0 unspecified atom stereocenters. The Bertz CT molecular complexity index is 645. The second-order valence-corrected chi connectivity index (χ2v) is 5.49. The fourth-order valence-corrected chi connectivity index (χ4v) is 2.26. The molecule has 0 heterocycles. The van der Waals surface area contributed by atoms with E-state index >= 15 is 0 Å². The van der Waals surface area contributed by atoms with Gasteiger partial charge < -0.3 is 0 Å². The molecule has 0 aliphatic carbocycles. The lowest BCUT2D eigenvalue weighted by Crippen LogP contribution is -1.84. The Labute approximate surface area is 124 Å². The lowest BCUT2D eigenvalue weighted by atomic mass is 10.1. The van der Waals surface area contributed by atoms with E-state index in [1.165, 1.54) is 0 Å². The highest BCUT2D eigenvalue weighted by Gasteiger charge is 2.00. The minimum absolute atomic E-state index is 0.847. The van der Waals surface area contributed by atoms with E-state index in [4.69, 9.17) is 0 Å². The van der Waals surface area contributed by atoms with E-state index in [9.17, 15) is 0 Å². The summed E-state index contributed by atoms with van der Waals surface area (Å²) in [4.78, 5) is 0. The number of rotatable bonds is 1. The quantitative estimate of drug-likeness (QED) is 0.611. The highest BCUT2D eigenvalue weighted by atomic mass is 79.9. The monoisotopic (exact) mass is 360 g/mol. The molecule has 0 N–H and O–H groups in total. The first-order valence-corrected chi connectivity index (χ1v) is 6.97.